The molecule has 2 N–H and O–H groups in total. The first kappa shape index (κ1) is 17.9. The van der Waals surface area contributed by atoms with Gasteiger partial charge < -0.3 is 20.1 Å². The first-order chi connectivity index (χ1) is 11.6. The summed E-state index contributed by atoms with van der Waals surface area (Å²) in [6.07, 6.45) is 0. The number of anilines is 1. The van der Waals surface area contributed by atoms with E-state index in [1.54, 1.807) is 12.1 Å². The predicted octanol–water partition coefficient (Wildman–Crippen LogP) is -0.140. The van der Waals surface area contributed by atoms with Crippen molar-refractivity contribution in [2.75, 3.05) is 51.8 Å². The SMILES string of the molecule is COC(=O)c1ccccc1NC(=O)C(=O)NCCN1CCOCC1. The van der Waals surface area contributed by atoms with Crippen molar-refractivity contribution >= 4 is 23.5 Å². The summed E-state index contributed by atoms with van der Waals surface area (Å²) in [4.78, 5) is 37.6. The minimum absolute atomic E-state index is 0.189. The van der Waals surface area contributed by atoms with Crippen LogP contribution in [0.25, 0.3) is 0 Å². The van der Waals surface area contributed by atoms with Crippen LogP contribution < -0.4 is 10.6 Å². The molecule has 0 aromatic heterocycles. The molecule has 8 heteroatoms. The first-order valence-corrected chi connectivity index (χ1v) is 7.68. The molecular formula is C16H21N3O5. The van der Waals surface area contributed by atoms with E-state index in [9.17, 15) is 14.4 Å². The number of hydrogen-bond donors (Lipinski definition) is 2. The van der Waals surface area contributed by atoms with Gasteiger partial charge >= 0.3 is 17.8 Å². The topological polar surface area (TPSA) is 97.0 Å². The van der Waals surface area contributed by atoms with Crippen LogP contribution >= 0.6 is 0 Å². The molecule has 2 rings (SSSR count). The highest BCUT2D eigenvalue weighted by Gasteiger charge is 2.18. The van der Waals surface area contributed by atoms with Crippen LogP contribution in [0.5, 0.6) is 0 Å². The Morgan fingerprint density at radius 3 is 2.58 bits per heavy atom. The van der Waals surface area contributed by atoms with Crippen molar-refractivity contribution in [2.24, 2.45) is 0 Å². The van der Waals surface area contributed by atoms with Crippen LogP contribution in [-0.4, -0.2) is 69.2 Å². The summed E-state index contributed by atoms with van der Waals surface area (Å²) in [5, 5.41) is 4.99. The normalized spacial score (nSPS) is 14.7. The molecule has 0 atom stereocenters. The van der Waals surface area contributed by atoms with Crippen LogP contribution in [-0.2, 0) is 19.1 Å². The maximum atomic E-state index is 11.9. The number of nitrogens with zero attached hydrogens (tertiary/aromatic N) is 1. The summed E-state index contributed by atoms with van der Waals surface area (Å²) < 4.78 is 9.89. The van der Waals surface area contributed by atoms with E-state index in [1.807, 2.05) is 0 Å². The number of carbonyl (C=O) groups excluding carboxylic acids is 3. The molecule has 0 bridgehead atoms. The van der Waals surface area contributed by atoms with Gasteiger partial charge in [-0.25, -0.2) is 4.79 Å². The smallest absolute Gasteiger partial charge is 0.339 e. The third-order valence-corrected chi connectivity index (χ3v) is 3.60. The van der Waals surface area contributed by atoms with Crippen LogP contribution in [0.3, 0.4) is 0 Å². The van der Waals surface area contributed by atoms with E-state index in [1.165, 1.54) is 19.2 Å². The second-order valence-corrected chi connectivity index (χ2v) is 5.20. The lowest BCUT2D eigenvalue weighted by atomic mass is 10.2. The summed E-state index contributed by atoms with van der Waals surface area (Å²) in [6.45, 7) is 4.01. The second kappa shape index (κ2) is 8.99. The Kier molecular flexibility index (Phi) is 6.71. The number of esters is 1. The number of rotatable bonds is 5. The Morgan fingerprint density at radius 2 is 1.88 bits per heavy atom. The fourth-order valence-corrected chi connectivity index (χ4v) is 2.29. The lowest BCUT2D eigenvalue weighted by Gasteiger charge is -2.26. The third kappa shape index (κ3) is 5.04. The van der Waals surface area contributed by atoms with Gasteiger partial charge in [-0.3, -0.25) is 14.5 Å². The van der Waals surface area contributed by atoms with Crippen molar-refractivity contribution in [2.45, 2.75) is 0 Å². The minimum atomic E-state index is -0.826. The van der Waals surface area contributed by atoms with E-state index in [4.69, 9.17) is 4.74 Å². The lowest BCUT2D eigenvalue weighted by Crippen LogP contribution is -2.43. The van der Waals surface area contributed by atoms with Crippen molar-refractivity contribution in [1.82, 2.24) is 10.2 Å². The molecule has 1 aliphatic rings. The molecule has 0 radical (unpaired) electrons. The molecule has 0 unspecified atom stereocenters. The van der Waals surface area contributed by atoms with Crippen LogP contribution in [0.1, 0.15) is 10.4 Å². The van der Waals surface area contributed by atoms with Gasteiger partial charge in [-0.2, -0.15) is 0 Å². The van der Waals surface area contributed by atoms with Gasteiger partial charge in [-0.05, 0) is 12.1 Å². The number of methoxy groups -OCH3 is 1. The number of nitrogens with one attached hydrogen (secondary N) is 2. The Hall–Kier alpha value is -2.45. The number of ether oxygens (including phenoxy) is 2. The van der Waals surface area contributed by atoms with Gasteiger partial charge in [0.1, 0.15) is 0 Å². The maximum absolute atomic E-state index is 11.9. The highest BCUT2D eigenvalue weighted by molar-refractivity contribution is 6.40. The molecule has 24 heavy (non-hydrogen) atoms. The first-order valence-electron chi connectivity index (χ1n) is 7.68. The van der Waals surface area contributed by atoms with Gasteiger partial charge in [0.2, 0.25) is 0 Å². The molecule has 130 valence electrons. The molecule has 1 aromatic rings. The maximum Gasteiger partial charge on any atom is 0.339 e. The van der Waals surface area contributed by atoms with Crippen LogP contribution in [0.15, 0.2) is 24.3 Å². The standard InChI is InChI=1S/C16H21N3O5/c1-23-16(22)12-4-2-3-5-13(12)18-15(21)14(20)17-6-7-19-8-10-24-11-9-19/h2-5H,6-11H2,1H3,(H,17,20)(H,18,21). The number of para-hydroxylation sites is 1. The number of benzene rings is 1. The molecule has 1 saturated heterocycles. The van der Waals surface area contributed by atoms with E-state index in [0.717, 1.165) is 13.1 Å². The highest BCUT2D eigenvalue weighted by Crippen LogP contribution is 2.15. The number of morpholine rings is 1. The Balaban J connectivity index is 1.83. The van der Waals surface area contributed by atoms with Crippen molar-refractivity contribution in [1.29, 1.82) is 0 Å². The summed E-state index contributed by atoms with van der Waals surface area (Å²) in [5.41, 5.74) is 0.423. The number of amides is 2. The van der Waals surface area contributed by atoms with Gasteiger partial charge in [0.15, 0.2) is 0 Å². The fourth-order valence-electron chi connectivity index (χ4n) is 2.29. The van der Waals surface area contributed by atoms with Crippen molar-refractivity contribution in [3.63, 3.8) is 0 Å². The fraction of sp³-hybridized carbons (Fsp3) is 0.438. The van der Waals surface area contributed by atoms with Crippen molar-refractivity contribution < 1.29 is 23.9 Å². The van der Waals surface area contributed by atoms with Crippen LogP contribution in [0, 0.1) is 0 Å². The molecule has 1 fully saturated rings. The Labute approximate surface area is 140 Å². The molecule has 0 saturated carbocycles. The predicted molar refractivity (Wildman–Crippen MR) is 86.7 cm³/mol. The molecule has 1 heterocycles. The minimum Gasteiger partial charge on any atom is -0.465 e. The molecular weight excluding hydrogens is 314 g/mol. The van der Waals surface area contributed by atoms with Crippen LogP contribution in [0.4, 0.5) is 5.69 Å². The van der Waals surface area contributed by atoms with Gasteiger partial charge in [0.05, 0.1) is 31.6 Å². The van der Waals surface area contributed by atoms with Gasteiger partial charge in [-0.15, -0.1) is 0 Å². The van der Waals surface area contributed by atoms with Crippen LogP contribution in [0.2, 0.25) is 0 Å². The summed E-state index contributed by atoms with van der Waals surface area (Å²) in [5.74, 6) is -2.16. The second-order valence-electron chi connectivity index (χ2n) is 5.20. The largest absolute Gasteiger partial charge is 0.465 e. The quantitative estimate of drug-likeness (QED) is 0.574. The van der Waals surface area contributed by atoms with Gasteiger partial charge in [-0.1, -0.05) is 12.1 Å². The lowest BCUT2D eigenvalue weighted by molar-refractivity contribution is -0.136. The molecule has 2 amide bonds. The number of hydrogen-bond acceptors (Lipinski definition) is 6. The van der Waals surface area contributed by atoms with Gasteiger partial charge in [0, 0.05) is 26.2 Å². The average molecular weight is 335 g/mol. The summed E-state index contributed by atoms with van der Waals surface area (Å²) in [6, 6.07) is 6.34. The molecule has 1 aromatic carbocycles. The Morgan fingerprint density at radius 1 is 1.17 bits per heavy atom. The molecule has 1 aliphatic heterocycles. The summed E-state index contributed by atoms with van der Waals surface area (Å²) >= 11 is 0. The highest BCUT2D eigenvalue weighted by atomic mass is 16.5. The molecule has 8 nitrogen and oxygen atoms in total. The van der Waals surface area contributed by atoms with E-state index in [0.29, 0.717) is 26.3 Å². The zero-order valence-electron chi connectivity index (χ0n) is 13.5. The number of carbonyl (C=O) groups is 3. The Bertz CT molecular complexity index is 599. The van der Waals surface area contributed by atoms with E-state index in [-0.39, 0.29) is 11.3 Å². The zero-order chi connectivity index (χ0) is 17.4. The van der Waals surface area contributed by atoms with E-state index in [2.05, 4.69) is 20.3 Å². The van der Waals surface area contributed by atoms with E-state index < -0.39 is 17.8 Å². The zero-order valence-corrected chi connectivity index (χ0v) is 13.5. The average Bonchev–Trinajstić information content (AvgIpc) is 2.62. The molecule has 0 spiro atoms. The van der Waals surface area contributed by atoms with E-state index >= 15 is 0 Å². The van der Waals surface area contributed by atoms with Crippen molar-refractivity contribution in [3.05, 3.63) is 29.8 Å². The molecule has 0 aliphatic carbocycles. The van der Waals surface area contributed by atoms with Crippen molar-refractivity contribution in [3.8, 4) is 0 Å². The van der Waals surface area contributed by atoms with Gasteiger partial charge in [0.25, 0.3) is 0 Å². The summed E-state index contributed by atoms with van der Waals surface area (Å²) in [7, 11) is 1.25. The third-order valence-electron chi connectivity index (χ3n) is 3.60. The monoisotopic (exact) mass is 335 g/mol.